The van der Waals surface area contributed by atoms with Gasteiger partial charge in [0.2, 0.25) is 0 Å². The molecule has 1 N–H and O–H groups in total. The van der Waals surface area contributed by atoms with Gasteiger partial charge in [-0.2, -0.15) is 0 Å². The van der Waals surface area contributed by atoms with Gasteiger partial charge in [-0.25, -0.2) is 4.79 Å². The Morgan fingerprint density at radius 1 is 1.64 bits per heavy atom. The maximum atomic E-state index is 10.4. The second-order valence-corrected chi connectivity index (χ2v) is 1.89. The van der Waals surface area contributed by atoms with Gasteiger partial charge in [0.25, 0.3) is 0 Å². The summed E-state index contributed by atoms with van der Waals surface area (Å²) in [5, 5.41) is 5.72. The van der Waals surface area contributed by atoms with Crippen molar-refractivity contribution >= 4 is 11.8 Å². The van der Waals surface area contributed by atoms with Crippen LogP contribution in [0.4, 0.5) is 4.79 Å². The van der Waals surface area contributed by atoms with Crippen LogP contribution in [0, 0.1) is 0 Å². The molecular formula is C6H12N2O3. The van der Waals surface area contributed by atoms with Crippen molar-refractivity contribution < 1.29 is 14.4 Å². The SMILES string of the molecule is CNC(=O)ON=C(C)COC. The number of carbonyl (C=O) groups is 1. The van der Waals surface area contributed by atoms with Crippen LogP contribution in [-0.4, -0.2) is 32.6 Å². The lowest BCUT2D eigenvalue weighted by Gasteiger charge is -1.97. The fourth-order valence-electron chi connectivity index (χ4n) is 0.400. The van der Waals surface area contributed by atoms with Crippen molar-refractivity contribution in [2.45, 2.75) is 6.92 Å². The van der Waals surface area contributed by atoms with Gasteiger partial charge in [-0.05, 0) is 6.92 Å². The fraction of sp³-hybridized carbons (Fsp3) is 0.667. The fourth-order valence-corrected chi connectivity index (χ4v) is 0.400. The number of ether oxygens (including phenoxy) is 1. The van der Waals surface area contributed by atoms with Crippen molar-refractivity contribution in [1.29, 1.82) is 0 Å². The van der Waals surface area contributed by atoms with Crippen LogP contribution in [0.3, 0.4) is 0 Å². The van der Waals surface area contributed by atoms with Crippen molar-refractivity contribution in [1.82, 2.24) is 5.32 Å². The Morgan fingerprint density at radius 2 is 2.27 bits per heavy atom. The number of oxime groups is 1. The van der Waals surface area contributed by atoms with E-state index in [-0.39, 0.29) is 0 Å². The molecule has 11 heavy (non-hydrogen) atoms. The van der Waals surface area contributed by atoms with E-state index in [4.69, 9.17) is 4.74 Å². The first-order chi connectivity index (χ1) is 5.20. The molecule has 0 fully saturated rings. The van der Waals surface area contributed by atoms with Crippen LogP contribution in [0.5, 0.6) is 0 Å². The zero-order chi connectivity index (χ0) is 8.69. The number of rotatable bonds is 3. The number of carbonyl (C=O) groups excluding carboxylic acids is 1. The average molecular weight is 160 g/mol. The molecule has 0 atom stereocenters. The van der Waals surface area contributed by atoms with Crippen LogP contribution < -0.4 is 5.32 Å². The van der Waals surface area contributed by atoms with Crippen molar-refractivity contribution in [2.75, 3.05) is 20.8 Å². The first kappa shape index (κ1) is 9.90. The largest absolute Gasteiger partial charge is 0.433 e. The predicted molar refractivity (Wildman–Crippen MR) is 40.5 cm³/mol. The molecule has 0 aromatic heterocycles. The Kier molecular flexibility index (Phi) is 5.10. The standard InChI is InChI=1S/C6H12N2O3/c1-5(4-10-3)8-11-6(9)7-2/h4H2,1-3H3,(H,7,9). The zero-order valence-electron chi connectivity index (χ0n) is 6.88. The minimum atomic E-state index is -0.583. The quantitative estimate of drug-likeness (QED) is 0.368. The Hall–Kier alpha value is -1.10. The molecule has 64 valence electrons. The summed E-state index contributed by atoms with van der Waals surface area (Å²) in [5.74, 6) is 0. The molecule has 0 saturated heterocycles. The van der Waals surface area contributed by atoms with Gasteiger partial charge >= 0.3 is 6.09 Å². The van der Waals surface area contributed by atoms with E-state index in [2.05, 4.69) is 15.3 Å². The molecule has 0 saturated carbocycles. The lowest BCUT2D eigenvalue weighted by molar-refractivity contribution is 0.151. The molecule has 0 heterocycles. The van der Waals surface area contributed by atoms with E-state index in [1.165, 1.54) is 7.05 Å². The van der Waals surface area contributed by atoms with E-state index in [0.29, 0.717) is 12.3 Å². The van der Waals surface area contributed by atoms with Crippen LogP contribution in [0.2, 0.25) is 0 Å². The molecule has 5 nitrogen and oxygen atoms in total. The molecule has 0 unspecified atom stereocenters. The third kappa shape index (κ3) is 5.35. The maximum Gasteiger partial charge on any atom is 0.433 e. The number of nitrogens with one attached hydrogen (secondary N) is 1. The number of methoxy groups -OCH3 is 1. The summed E-state index contributed by atoms with van der Waals surface area (Å²) in [6.45, 7) is 2.06. The van der Waals surface area contributed by atoms with Crippen molar-refractivity contribution in [3.8, 4) is 0 Å². The van der Waals surface area contributed by atoms with E-state index in [0.717, 1.165) is 0 Å². The molecule has 0 aliphatic heterocycles. The van der Waals surface area contributed by atoms with Crippen molar-refractivity contribution in [3.63, 3.8) is 0 Å². The number of amides is 1. The molecular weight excluding hydrogens is 148 g/mol. The Balaban J connectivity index is 3.63. The summed E-state index contributed by atoms with van der Waals surface area (Å²) in [5.41, 5.74) is 0.608. The normalized spacial score (nSPS) is 11.0. The monoisotopic (exact) mass is 160 g/mol. The van der Waals surface area contributed by atoms with Gasteiger partial charge in [0, 0.05) is 14.2 Å². The summed E-state index contributed by atoms with van der Waals surface area (Å²) in [6, 6.07) is 0. The molecule has 0 rings (SSSR count). The van der Waals surface area contributed by atoms with Crippen LogP contribution >= 0.6 is 0 Å². The van der Waals surface area contributed by atoms with E-state index in [1.807, 2.05) is 0 Å². The number of nitrogens with zero attached hydrogens (tertiary/aromatic N) is 1. The zero-order valence-corrected chi connectivity index (χ0v) is 6.88. The molecule has 1 amide bonds. The molecule has 0 aromatic rings. The van der Waals surface area contributed by atoms with E-state index >= 15 is 0 Å². The topological polar surface area (TPSA) is 59.9 Å². The van der Waals surface area contributed by atoms with Gasteiger partial charge < -0.3 is 10.1 Å². The molecule has 0 aromatic carbocycles. The second kappa shape index (κ2) is 5.67. The first-order valence-corrected chi connectivity index (χ1v) is 3.11. The van der Waals surface area contributed by atoms with Crippen LogP contribution in [0.15, 0.2) is 5.16 Å². The summed E-state index contributed by atoms with van der Waals surface area (Å²) >= 11 is 0. The van der Waals surface area contributed by atoms with E-state index < -0.39 is 6.09 Å². The van der Waals surface area contributed by atoms with Gasteiger partial charge in [0.1, 0.15) is 0 Å². The Labute approximate surface area is 65.4 Å². The maximum absolute atomic E-state index is 10.4. The van der Waals surface area contributed by atoms with Crippen LogP contribution in [-0.2, 0) is 9.57 Å². The summed E-state index contributed by atoms with van der Waals surface area (Å²) in [6.07, 6.45) is -0.583. The average Bonchev–Trinajstić information content (AvgIpc) is 2.01. The predicted octanol–water partition coefficient (Wildman–Crippen LogP) is 0.365. The van der Waals surface area contributed by atoms with E-state index in [9.17, 15) is 4.79 Å². The second-order valence-electron chi connectivity index (χ2n) is 1.89. The highest BCUT2D eigenvalue weighted by Crippen LogP contribution is 1.82. The molecule has 0 radical (unpaired) electrons. The number of hydrogen-bond donors (Lipinski definition) is 1. The lowest BCUT2D eigenvalue weighted by atomic mass is 10.5. The van der Waals surface area contributed by atoms with Gasteiger partial charge in [0.05, 0.1) is 12.3 Å². The van der Waals surface area contributed by atoms with Crippen LogP contribution in [0.1, 0.15) is 6.92 Å². The summed E-state index contributed by atoms with van der Waals surface area (Å²) in [4.78, 5) is 14.8. The highest BCUT2D eigenvalue weighted by Gasteiger charge is 1.95. The lowest BCUT2D eigenvalue weighted by Crippen LogP contribution is -2.17. The highest BCUT2D eigenvalue weighted by molar-refractivity contribution is 5.83. The van der Waals surface area contributed by atoms with Crippen molar-refractivity contribution in [3.05, 3.63) is 0 Å². The molecule has 5 heteroatoms. The van der Waals surface area contributed by atoms with Crippen molar-refractivity contribution in [2.24, 2.45) is 5.16 Å². The third-order valence-electron chi connectivity index (χ3n) is 0.842. The van der Waals surface area contributed by atoms with Gasteiger partial charge in [0.15, 0.2) is 0 Å². The van der Waals surface area contributed by atoms with Gasteiger partial charge in [-0.1, -0.05) is 5.16 Å². The molecule has 0 spiro atoms. The van der Waals surface area contributed by atoms with Gasteiger partial charge in [-0.3, -0.25) is 4.84 Å². The van der Waals surface area contributed by atoms with Gasteiger partial charge in [-0.15, -0.1) is 0 Å². The summed E-state index contributed by atoms with van der Waals surface area (Å²) in [7, 11) is 3.00. The summed E-state index contributed by atoms with van der Waals surface area (Å²) < 4.78 is 4.73. The number of hydrogen-bond acceptors (Lipinski definition) is 4. The molecule has 0 aliphatic rings. The third-order valence-corrected chi connectivity index (χ3v) is 0.842. The highest BCUT2D eigenvalue weighted by atomic mass is 16.7. The Bertz CT molecular complexity index is 156. The minimum absolute atomic E-state index is 0.358. The Morgan fingerprint density at radius 3 is 2.73 bits per heavy atom. The van der Waals surface area contributed by atoms with Crippen LogP contribution in [0.25, 0.3) is 0 Å². The molecule has 0 aliphatic carbocycles. The van der Waals surface area contributed by atoms with E-state index in [1.54, 1.807) is 14.0 Å². The minimum Gasteiger partial charge on any atom is -0.379 e. The molecule has 0 bridgehead atoms. The first-order valence-electron chi connectivity index (χ1n) is 3.11. The smallest absolute Gasteiger partial charge is 0.379 e.